The highest BCUT2D eigenvalue weighted by Crippen LogP contribution is 2.43. The van der Waals surface area contributed by atoms with Gasteiger partial charge < -0.3 is 8.83 Å². The van der Waals surface area contributed by atoms with E-state index < -0.39 is 23.7 Å². The number of oxazole rings is 2. The van der Waals surface area contributed by atoms with Crippen molar-refractivity contribution < 1.29 is 35.2 Å². The van der Waals surface area contributed by atoms with Crippen LogP contribution < -0.4 is 0 Å². The van der Waals surface area contributed by atoms with Crippen molar-refractivity contribution in [1.29, 1.82) is 0 Å². The van der Waals surface area contributed by atoms with Crippen molar-refractivity contribution >= 4 is 0 Å². The van der Waals surface area contributed by atoms with Gasteiger partial charge in [-0.2, -0.15) is 26.3 Å². The van der Waals surface area contributed by atoms with Gasteiger partial charge in [-0.15, -0.1) is 0 Å². The second kappa shape index (κ2) is 6.31. The van der Waals surface area contributed by atoms with E-state index in [0.29, 0.717) is 25.7 Å². The lowest BCUT2D eigenvalue weighted by atomic mass is 9.82. The fraction of sp³-hybridized carbons (Fsp3) is 0.625. The van der Waals surface area contributed by atoms with Gasteiger partial charge in [0, 0.05) is 11.8 Å². The van der Waals surface area contributed by atoms with Gasteiger partial charge in [-0.1, -0.05) is 0 Å². The summed E-state index contributed by atoms with van der Waals surface area (Å²) in [4.78, 5) is 7.15. The first-order chi connectivity index (χ1) is 12.0. The molecule has 0 unspecified atom stereocenters. The van der Waals surface area contributed by atoms with E-state index in [0.717, 1.165) is 0 Å². The smallest absolute Gasteiger partial charge is 0.436 e. The van der Waals surface area contributed by atoms with Crippen LogP contribution in [0, 0.1) is 13.8 Å². The average molecular weight is 382 g/mol. The molecule has 4 nitrogen and oxygen atoms in total. The minimum atomic E-state index is -4.58. The molecule has 144 valence electrons. The maximum Gasteiger partial charge on any atom is 0.436 e. The van der Waals surface area contributed by atoms with Gasteiger partial charge in [0.05, 0.1) is 0 Å². The molecule has 26 heavy (non-hydrogen) atoms. The third-order valence-corrected chi connectivity index (χ3v) is 4.59. The number of rotatable bonds is 2. The molecule has 0 aliphatic heterocycles. The normalized spacial score (nSPS) is 22.0. The number of alkyl halides is 6. The molecule has 1 fully saturated rings. The van der Waals surface area contributed by atoms with Crippen molar-refractivity contribution in [3.05, 3.63) is 34.7 Å². The van der Waals surface area contributed by atoms with Crippen molar-refractivity contribution in [3.63, 3.8) is 0 Å². The number of nitrogens with zero attached hydrogens (tertiary/aromatic N) is 2. The number of aromatic nitrogens is 2. The molecule has 1 aliphatic rings. The first-order valence-corrected chi connectivity index (χ1v) is 8.06. The van der Waals surface area contributed by atoms with Crippen LogP contribution in [0.25, 0.3) is 0 Å². The zero-order valence-electron chi connectivity index (χ0n) is 14.0. The molecule has 0 aromatic carbocycles. The third-order valence-electron chi connectivity index (χ3n) is 4.59. The fourth-order valence-corrected chi connectivity index (χ4v) is 3.30. The lowest BCUT2D eigenvalue weighted by Gasteiger charge is -2.24. The summed E-state index contributed by atoms with van der Waals surface area (Å²) in [5, 5.41) is 0. The van der Waals surface area contributed by atoms with Gasteiger partial charge in [-0.05, 0) is 39.5 Å². The predicted molar refractivity (Wildman–Crippen MR) is 76.4 cm³/mol. The molecule has 2 heterocycles. The summed E-state index contributed by atoms with van der Waals surface area (Å²) >= 11 is 0. The monoisotopic (exact) mass is 382 g/mol. The minimum absolute atomic E-state index is 0.0211. The summed E-state index contributed by atoms with van der Waals surface area (Å²) in [5.74, 6) is -1.14. The Balaban J connectivity index is 1.70. The summed E-state index contributed by atoms with van der Waals surface area (Å²) in [6.45, 7) is 2.42. The number of hydrogen-bond donors (Lipinski definition) is 0. The maximum atomic E-state index is 12.8. The van der Waals surface area contributed by atoms with Gasteiger partial charge in [-0.25, -0.2) is 9.97 Å². The number of halogens is 6. The Morgan fingerprint density at radius 3 is 1.23 bits per heavy atom. The third kappa shape index (κ3) is 3.59. The molecule has 0 N–H and O–H groups in total. The van der Waals surface area contributed by atoms with E-state index >= 15 is 0 Å². The lowest BCUT2D eigenvalue weighted by Crippen LogP contribution is -2.14. The van der Waals surface area contributed by atoms with Crippen molar-refractivity contribution in [2.24, 2.45) is 0 Å². The van der Waals surface area contributed by atoms with Crippen molar-refractivity contribution in [3.8, 4) is 0 Å². The molecule has 1 saturated carbocycles. The Morgan fingerprint density at radius 1 is 0.692 bits per heavy atom. The van der Waals surface area contributed by atoms with Gasteiger partial charge in [-0.3, -0.25) is 0 Å². The quantitative estimate of drug-likeness (QED) is 0.620. The molecule has 2 aromatic rings. The van der Waals surface area contributed by atoms with Crippen LogP contribution in [0.1, 0.15) is 72.2 Å². The van der Waals surface area contributed by atoms with E-state index in [9.17, 15) is 26.3 Å². The van der Waals surface area contributed by atoms with E-state index in [1.165, 1.54) is 13.8 Å². The molecule has 0 amide bonds. The zero-order chi connectivity index (χ0) is 19.3. The summed E-state index contributed by atoms with van der Waals surface area (Å²) in [6.07, 6.45) is -7.41. The topological polar surface area (TPSA) is 52.1 Å². The molecule has 10 heteroatoms. The molecule has 3 rings (SSSR count). The van der Waals surface area contributed by atoms with Crippen LogP contribution in [0.3, 0.4) is 0 Å². The van der Waals surface area contributed by atoms with E-state index in [1.54, 1.807) is 0 Å². The summed E-state index contributed by atoms with van der Waals surface area (Å²) in [5.41, 5.74) is -2.07. The summed E-state index contributed by atoms with van der Waals surface area (Å²) < 4.78 is 87.2. The van der Waals surface area contributed by atoms with Crippen molar-refractivity contribution in [1.82, 2.24) is 9.97 Å². The summed E-state index contributed by atoms with van der Waals surface area (Å²) in [6, 6.07) is 0. The maximum absolute atomic E-state index is 12.8. The molecular formula is C16H16F6N2O2. The van der Waals surface area contributed by atoms with Gasteiger partial charge in [0.25, 0.3) is 0 Å². The Morgan fingerprint density at radius 2 is 1.00 bits per heavy atom. The van der Waals surface area contributed by atoms with Crippen LogP contribution in [-0.4, -0.2) is 9.97 Å². The fourth-order valence-electron chi connectivity index (χ4n) is 3.30. The van der Waals surface area contributed by atoms with Gasteiger partial charge in [0.2, 0.25) is 0 Å². The molecule has 2 aromatic heterocycles. The first kappa shape index (κ1) is 18.8. The van der Waals surface area contributed by atoms with E-state index in [1.807, 2.05) is 0 Å². The first-order valence-electron chi connectivity index (χ1n) is 8.06. The molecular weight excluding hydrogens is 366 g/mol. The second-order valence-corrected chi connectivity index (χ2v) is 6.46. The highest BCUT2D eigenvalue weighted by atomic mass is 19.4. The Bertz CT molecular complexity index is 715. The lowest BCUT2D eigenvalue weighted by molar-refractivity contribution is -0.142. The molecule has 0 radical (unpaired) electrons. The van der Waals surface area contributed by atoms with Crippen molar-refractivity contribution in [2.45, 2.75) is 63.7 Å². The summed E-state index contributed by atoms with van der Waals surface area (Å²) in [7, 11) is 0. The van der Waals surface area contributed by atoms with E-state index in [2.05, 4.69) is 9.97 Å². The number of aryl methyl sites for hydroxylation is 2. The number of hydrogen-bond acceptors (Lipinski definition) is 4. The van der Waals surface area contributed by atoms with Crippen LogP contribution in [0.5, 0.6) is 0 Å². The van der Waals surface area contributed by atoms with E-state index in [-0.39, 0.29) is 35.1 Å². The molecule has 0 spiro atoms. The highest BCUT2D eigenvalue weighted by molar-refractivity contribution is 5.16. The highest BCUT2D eigenvalue weighted by Gasteiger charge is 2.40. The van der Waals surface area contributed by atoms with Crippen LogP contribution in [0.15, 0.2) is 8.83 Å². The van der Waals surface area contributed by atoms with Crippen molar-refractivity contribution in [2.75, 3.05) is 0 Å². The zero-order valence-corrected chi connectivity index (χ0v) is 14.0. The second-order valence-electron chi connectivity index (χ2n) is 6.46. The Kier molecular flexibility index (Phi) is 4.56. The standard InChI is InChI=1S/C16H16F6N2O2/c1-7-11(15(17,18)19)23-13(25-7)9-3-5-10(6-4-9)14-24-12(8(2)26-14)16(20,21)22/h9-10H,3-6H2,1-2H3. The molecule has 1 aliphatic carbocycles. The predicted octanol–water partition coefficient (Wildman–Crippen LogP) is 5.76. The van der Waals surface area contributed by atoms with Gasteiger partial charge in [0.1, 0.15) is 11.5 Å². The van der Waals surface area contributed by atoms with Gasteiger partial charge in [0.15, 0.2) is 23.2 Å². The van der Waals surface area contributed by atoms with Crippen LogP contribution in [0.2, 0.25) is 0 Å². The SMILES string of the molecule is Cc1oc(C2CCC(c3nc(C(F)(F)F)c(C)o3)CC2)nc1C(F)(F)F. The Hall–Kier alpha value is -2.00. The van der Waals surface area contributed by atoms with E-state index in [4.69, 9.17) is 8.83 Å². The Labute approximate surface area is 144 Å². The van der Waals surface area contributed by atoms with Crippen LogP contribution >= 0.6 is 0 Å². The molecule has 0 bridgehead atoms. The molecule has 0 saturated heterocycles. The minimum Gasteiger partial charge on any atom is -0.445 e. The van der Waals surface area contributed by atoms with Crippen LogP contribution in [0.4, 0.5) is 26.3 Å². The largest absolute Gasteiger partial charge is 0.445 e. The van der Waals surface area contributed by atoms with Gasteiger partial charge >= 0.3 is 12.4 Å². The average Bonchev–Trinajstić information content (AvgIpc) is 3.10. The van der Waals surface area contributed by atoms with Crippen LogP contribution in [-0.2, 0) is 12.4 Å². The molecule has 0 atom stereocenters.